The molecule has 0 aliphatic heterocycles. The van der Waals surface area contributed by atoms with E-state index >= 15 is 0 Å². The van der Waals surface area contributed by atoms with E-state index < -0.39 is 0 Å². The van der Waals surface area contributed by atoms with Crippen LogP contribution in [-0.2, 0) is 0 Å². The molecule has 0 saturated heterocycles. The lowest BCUT2D eigenvalue weighted by Gasteiger charge is -2.10. The van der Waals surface area contributed by atoms with Gasteiger partial charge in [0.05, 0.1) is 0 Å². The monoisotopic (exact) mass is 339 g/mol. The fourth-order valence-corrected chi connectivity index (χ4v) is 2.33. The molecule has 0 aliphatic carbocycles. The number of rotatable bonds is 5. The van der Waals surface area contributed by atoms with E-state index in [4.69, 9.17) is 9.05 Å². The van der Waals surface area contributed by atoms with Crippen LogP contribution in [0, 0.1) is 0 Å². The van der Waals surface area contributed by atoms with Crippen LogP contribution >= 0.6 is 9.03 Å². The quantitative estimate of drug-likeness (QED) is 0.581. The second kappa shape index (κ2) is 10.3. The Balaban J connectivity index is 0.000000198. The molecular weight excluding hydrogens is 317 g/mol. The summed E-state index contributed by atoms with van der Waals surface area (Å²) in [5.41, 5.74) is 1.25. The molecule has 0 bridgehead atoms. The molecule has 4 heteroatoms. The van der Waals surface area contributed by atoms with Crippen LogP contribution < -0.4 is 13.9 Å². The fraction of sp³-hybridized carbons (Fsp3) is 0.100. The molecule has 0 fully saturated rings. The van der Waals surface area contributed by atoms with Gasteiger partial charge in [-0.05, 0) is 36.4 Å². The van der Waals surface area contributed by atoms with Gasteiger partial charge >= 0.3 is 0 Å². The predicted octanol–water partition coefficient (Wildman–Crippen LogP) is 5.41. The molecule has 24 heavy (non-hydrogen) atoms. The molecule has 0 N–H and O–H groups in total. The van der Waals surface area contributed by atoms with Crippen molar-refractivity contribution in [2.45, 2.75) is 0 Å². The van der Waals surface area contributed by atoms with Gasteiger partial charge in [-0.25, -0.2) is 0 Å². The van der Waals surface area contributed by atoms with Gasteiger partial charge in [0.15, 0.2) is 0 Å². The Hall–Kier alpha value is -2.51. The van der Waals surface area contributed by atoms with Gasteiger partial charge in [-0.2, -0.15) is 0 Å². The third-order valence-electron chi connectivity index (χ3n) is 3.08. The maximum atomic E-state index is 5.42. The SMILES string of the molecule is CN(C)c1ccccc1.c1ccc(OPOc2ccccc2)cc1. The van der Waals surface area contributed by atoms with Crippen LogP contribution in [0.5, 0.6) is 11.5 Å². The van der Waals surface area contributed by atoms with Crippen molar-refractivity contribution in [1.29, 1.82) is 0 Å². The van der Waals surface area contributed by atoms with Crippen molar-refractivity contribution in [3.63, 3.8) is 0 Å². The zero-order valence-electron chi connectivity index (χ0n) is 13.9. The highest BCUT2D eigenvalue weighted by Crippen LogP contribution is 2.23. The molecule has 3 nitrogen and oxygen atoms in total. The normalized spacial score (nSPS) is 9.42. The number of anilines is 1. The van der Waals surface area contributed by atoms with Gasteiger partial charge in [-0.15, -0.1) is 0 Å². The van der Waals surface area contributed by atoms with Crippen molar-refractivity contribution >= 4 is 14.7 Å². The molecule has 124 valence electrons. The van der Waals surface area contributed by atoms with Crippen molar-refractivity contribution in [2.24, 2.45) is 0 Å². The summed E-state index contributed by atoms with van der Waals surface area (Å²) in [6.45, 7) is 0. The average molecular weight is 339 g/mol. The van der Waals surface area contributed by atoms with Crippen LogP contribution in [0.3, 0.4) is 0 Å². The molecule has 0 aromatic heterocycles. The largest absolute Gasteiger partial charge is 0.441 e. The third-order valence-corrected chi connectivity index (χ3v) is 3.72. The molecule has 3 aromatic rings. The summed E-state index contributed by atoms with van der Waals surface area (Å²) < 4.78 is 10.8. The zero-order valence-corrected chi connectivity index (χ0v) is 14.9. The van der Waals surface area contributed by atoms with E-state index in [-0.39, 0.29) is 9.03 Å². The highest BCUT2D eigenvalue weighted by atomic mass is 31.1. The van der Waals surface area contributed by atoms with E-state index in [2.05, 4.69) is 17.0 Å². The Labute approximate surface area is 145 Å². The Morgan fingerprint density at radius 2 is 0.958 bits per heavy atom. The van der Waals surface area contributed by atoms with Crippen LogP contribution in [0.15, 0.2) is 91.0 Å². The number of hydrogen-bond acceptors (Lipinski definition) is 3. The first-order valence-electron chi connectivity index (χ1n) is 7.67. The maximum absolute atomic E-state index is 5.42. The van der Waals surface area contributed by atoms with Crippen LogP contribution in [0.1, 0.15) is 0 Å². The molecule has 0 atom stereocenters. The topological polar surface area (TPSA) is 21.7 Å². The van der Waals surface area contributed by atoms with Crippen molar-refractivity contribution in [3.05, 3.63) is 91.0 Å². The number of benzene rings is 3. The van der Waals surface area contributed by atoms with Gasteiger partial charge in [0.25, 0.3) is 9.03 Å². The standard InChI is InChI=1S/C12H11O2P.C8H11N/c1-3-7-11(8-4-1)13-15-14-12-9-5-2-6-10-12;1-9(2)8-6-4-3-5-7-8/h1-10,15H;3-7H,1-2H3. The number of nitrogens with zero attached hydrogens (tertiary/aromatic N) is 1. The van der Waals surface area contributed by atoms with E-state index in [0.717, 1.165) is 11.5 Å². The smallest absolute Gasteiger partial charge is 0.275 e. The Bertz CT molecular complexity index is 636. The Kier molecular flexibility index (Phi) is 7.66. The van der Waals surface area contributed by atoms with Gasteiger partial charge < -0.3 is 13.9 Å². The van der Waals surface area contributed by atoms with E-state index in [9.17, 15) is 0 Å². The second-order valence-electron chi connectivity index (χ2n) is 5.14. The molecule has 0 amide bonds. The van der Waals surface area contributed by atoms with E-state index in [1.165, 1.54) is 5.69 Å². The molecule has 0 unspecified atom stereocenters. The first kappa shape index (κ1) is 17.8. The van der Waals surface area contributed by atoms with Crippen LogP contribution in [0.25, 0.3) is 0 Å². The van der Waals surface area contributed by atoms with E-state index in [1.807, 2.05) is 93.0 Å². The van der Waals surface area contributed by atoms with E-state index in [0.29, 0.717) is 0 Å². The lowest BCUT2D eigenvalue weighted by molar-refractivity contribution is 0.516. The minimum atomic E-state index is -0.0129. The lowest BCUT2D eigenvalue weighted by atomic mass is 10.3. The van der Waals surface area contributed by atoms with Gasteiger partial charge in [0.2, 0.25) is 0 Å². The summed E-state index contributed by atoms with van der Waals surface area (Å²) in [6.07, 6.45) is 0. The predicted molar refractivity (Wildman–Crippen MR) is 103 cm³/mol. The summed E-state index contributed by atoms with van der Waals surface area (Å²) in [5, 5.41) is 0. The second-order valence-corrected chi connectivity index (χ2v) is 5.72. The minimum Gasteiger partial charge on any atom is -0.441 e. The molecular formula is C20H22NO2P. The molecule has 0 aliphatic rings. The molecule has 0 spiro atoms. The van der Waals surface area contributed by atoms with Crippen LogP contribution in [0.4, 0.5) is 5.69 Å². The number of hydrogen-bond donors (Lipinski definition) is 0. The summed E-state index contributed by atoms with van der Waals surface area (Å²) in [5.74, 6) is 1.65. The Morgan fingerprint density at radius 1 is 0.583 bits per heavy atom. The van der Waals surface area contributed by atoms with Gasteiger partial charge in [0.1, 0.15) is 11.5 Å². The van der Waals surface area contributed by atoms with Gasteiger partial charge in [0, 0.05) is 19.8 Å². The van der Waals surface area contributed by atoms with Crippen LogP contribution in [-0.4, -0.2) is 14.1 Å². The Morgan fingerprint density at radius 3 is 1.29 bits per heavy atom. The highest BCUT2D eigenvalue weighted by Gasteiger charge is 1.93. The van der Waals surface area contributed by atoms with Crippen molar-refractivity contribution < 1.29 is 9.05 Å². The minimum absolute atomic E-state index is 0.0129. The first-order valence-corrected chi connectivity index (χ1v) is 8.48. The van der Waals surface area contributed by atoms with Crippen molar-refractivity contribution in [1.82, 2.24) is 0 Å². The molecule has 3 aromatic carbocycles. The van der Waals surface area contributed by atoms with Crippen molar-refractivity contribution in [2.75, 3.05) is 19.0 Å². The van der Waals surface area contributed by atoms with E-state index in [1.54, 1.807) is 0 Å². The summed E-state index contributed by atoms with van der Waals surface area (Å²) in [6, 6.07) is 29.5. The van der Waals surface area contributed by atoms with Crippen molar-refractivity contribution in [3.8, 4) is 11.5 Å². The van der Waals surface area contributed by atoms with Gasteiger partial charge in [-0.3, -0.25) is 0 Å². The fourth-order valence-electron chi connectivity index (χ4n) is 1.82. The maximum Gasteiger partial charge on any atom is 0.275 e. The average Bonchev–Trinajstić information content (AvgIpc) is 2.65. The summed E-state index contributed by atoms with van der Waals surface area (Å²) in [4.78, 5) is 2.08. The zero-order chi connectivity index (χ0) is 17.0. The highest BCUT2D eigenvalue weighted by molar-refractivity contribution is 7.27. The summed E-state index contributed by atoms with van der Waals surface area (Å²) >= 11 is 0. The lowest BCUT2D eigenvalue weighted by Crippen LogP contribution is -2.07. The number of para-hydroxylation sites is 3. The molecule has 3 rings (SSSR count). The molecule has 0 heterocycles. The van der Waals surface area contributed by atoms with Crippen LogP contribution in [0.2, 0.25) is 0 Å². The third kappa shape index (κ3) is 6.72. The van der Waals surface area contributed by atoms with Gasteiger partial charge in [-0.1, -0.05) is 54.6 Å². The molecule has 0 radical (unpaired) electrons. The first-order chi connectivity index (χ1) is 11.8. The molecule has 0 saturated carbocycles. The summed E-state index contributed by atoms with van der Waals surface area (Å²) in [7, 11) is 4.06.